The van der Waals surface area contributed by atoms with Crippen molar-refractivity contribution in [1.29, 1.82) is 0 Å². The van der Waals surface area contributed by atoms with Crippen LogP contribution in [0.2, 0.25) is 5.02 Å². The number of nitrogens with one attached hydrogen (secondary N) is 1. The van der Waals surface area contributed by atoms with E-state index in [9.17, 15) is 9.90 Å². The lowest BCUT2D eigenvalue weighted by molar-refractivity contribution is 0.102. The summed E-state index contributed by atoms with van der Waals surface area (Å²) in [5.41, 5.74) is 3.16. The van der Waals surface area contributed by atoms with Gasteiger partial charge in [0.05, 0.1) is 5.56 Å². The highest BCUT2D eigenvalue weighted by molar-refractivity contribution is 6.31. The van der Waals surface area contributed by atoms with E-state index in [-0.39, 0.29) is 17.2 Å². The Morgan fingerprint density at radius 1 is 1.12 bits per heavy atom. The van der Waals surface area contributed by atoms with Crippen LogP contribution in [0.3, 0.4) is 0 Å². The van der Waals surface area contributed by atoms with Crippen LogP contribution in [-0.4, -0.2) is 49.1 Å². The summed E-state index contributed by atoms with van der Waals surface area (Å²) >= 11 is 5.91. The van der Waals surface area contributed by atoms with E-state index in [1.807, 2.05) is 25.1 Å². The van der Waals surface area contributed by atoms with Gasteiger partial charge in [0, 0.05) is 42.6 Å². The van der Waals surface area contributed by atoms with Gasteiger partial charge in [0.15, 0.2) is 0 Å². The fourth-order valence-corrected chi connectivity index (χ4v) is 3.20. The molecule has 1 amide bonds. The van der Waals surface area contributed by atoms with E-state index in [1.165, 1.54) is 17.8 Å². The Balaban J connectivity index is 1.74. The van der Waals surface area contributed by atoms with Crippen LogP contribution < -0.4 is 10.2 Å². The second-order valence-corrected chi connectivity index (χ2v) is 6.84. The van der Waals surface area contributed by atoms with Crippen molar-refractivity contribution in [2.75, 3.05) is 43.4 Å². The van der Waals surface area contributed by atoms with Gasteiger partial charge in [-0.15, -0.1) is 0 Å². The standard InChI is InChI=1S/C19H22ClN3O2/c1-13-11-15(4-5-17(13)23-9-7-22(2)8-10-23)21-19(25)16-12-14(20)3-6-18(16)24/h3-6,11-12,24H,7-10H2,1-2H3,(H,21,25). The molecule has 0 aliphatic carbocycles. The summed E-state index contributed by atoms with van der Waals surface area (Å²) in [7, 11) is 2.13. The lowest BCUT2D eigenvalue weighted by Gasteiger charge is -2.35. The molecule has 1 heterocycles. The number of piperazine rings is 1. The fourth-order valence-electron chi connectivity index (χ4n) is 3.02. The normalized spacial score (nSPS) is 15.2. The first kappa shape index (κ1) is 17.6. The van der Waals surface area contributed by atoms with Crippen molar-refractivity contribution in [3.8, 4) is 5.75 Å². The number of amides is 1. The molecule has 1 fully saturated rings. The quantitative estimate of drug-likeness (QED) is 0.882. The second-order valence-electron chi connectivity index (χ2n) is 6.41. The van der Waals surface area contributed by atoms with Crippen molar-refractivity contribution in [2.45, 2.75) is 6.92 Å². The summed E-state index contributed by atoms with van der Waals surface area (Å²) in [5.74, 6) is -0.473. The molecule has 2 N–H and O–H groups in total. The van der Waals surface area contributed by atoms with Gasteiger partial charge in [-0.05, 0) is 55.9 Å². The van der Waals surface area contributed by atoms with Crippen LogP contribution in [0, 0.1) is 6.92 Å². The molecule has 2 aromatic carbocycles. The first-order valence-electron chi connectivity index (χ1n) is 8.28. The van der Waals surface area contributed by atoms with Crippen molar-refractivity contribution >= 4 is 28.9 Å². The molecule has 132 valence electrons. The molecular formula is C19H22ClN3O2. The molecule has 1 aliphatic rings. The molecule has 0 spiro atoms. The molecule has 25 heavy (non-hydrogen) atoms. The first-order chi connectivity index (χ1) is 11.9. The van der Waals surface area contributed by atoms with Crippen LogP contribution in [0.4, 0.5) is 11.4 Å². The van der Waals surface area contributed by atoms with E-state index in [1.54, 1.807) is 6.07 Å². The molecule has 2 aromatic rings. The maximum atomic E-state index is 12.4. The van der Waals surface area contributed by atoms with Crippen LogP contribution >= 0.6 is 11.6 Å². The van der Waals surface area contributed by atoms with Gasteiger partial charge in [-0.3, -0.25) is 4.79 Å². The highest BCUT2D eigenvalue weighted by Crippen LogP contribution is 2.26. The Labute approximate surface area is 152 Å². The number of nitrogens with zero attached hydrogens (tertiary/aromatic N) is 2. The van der Waals surface area contributed by atoms with E-state index in [0.717, 1.165) is 31.7 Å². The van der Waals surface area contributed by atoms with E-state index in [4.69, 9.17) is 11.6 Å². The Bertz CT molecular complexity index is 786. The highest BCUT2D eigenvalue weighted by Gasteiger charge is 2.17. The minimum atomic E-state index is -0.383. The number of benzene rings is 2. The smallest absolute Gasteiger partial charge is 0.259 e. The summed E-state index contributed by atoms with van der Waals surface area (Å²) in [6.07, 6.45) is 0. The number of halogens is 1. The number of phenols is 1. The van der Waals surface area contributed by atoms with Crippen molar-refractivity contribution in [3.63, 3.8) is 0 Å². The highest BCUT2D eigenvalue weighted by atomic mass is 35.5. The van der Waals surface area contributed by atoms with Crippen molar-refractivity contribution in [1.82, 2.24) is 4.90 Å². The zero-order valence-electron chi connectivity index (χ0n) is 14.4. The lowest BCUT2D eigenvalue weighted by atomic mass is 10.1. The number of likely N-dealkylation sites (N-methyl/N-ethyl adjacent to an activating group) is 1. The summed E-state index contributed by atoms with van der Waals surface area (Å²) < 4.78 is 0. The maximum Gasteiger partial charge on any atom is 0.259 e. The monoisotopic (exact) mass is 359 g/mol. The van der Waals surface area contributed by atoms with E-state index >= 15 is 0 Å². The van der Waals surface area contributed by atoms with Gasteiger partial charge >= 0.3 is 0 Å². The number of aryl methyl sites for hydroxylation is 1. The van der Waals surface area contributed by atoms with Crippen molar-refractivity contribution in [2.24, 2.45) is 0 Å². The summed E-state index contributed by atoms with van der Waals surface area (Å²) in [5, 5.41) is 13.1. The van der Waals surface area contributed by atoms with Gasteiger partial charge in [-0.2, -0.15) is 0 Å². The predicted octanol–water partition coefficient (Wildman–Crippen LogP) is 3.36. The van der Waals surface area contributed by atoms with E-state index < -0.39 is 0 Å². The average molecular weight is 360 g/mol. The third-order valence-corrected chi connectivity index (χ3v) is 4.74. The summed E-state index contributed by atoms with van der Waals surface area (Å²) in [6.45, 7) is 6.14. The number of hydrogen-bond acceptors (Lipinski definition) is 4. The molecule has 1 saturated heterocycles. The molecule has 0 atom stereocenters. The van der Waals surface area contributed by atoms with Crippen molar-refractivity contribution < 1.29 is 9.90 Å². The SMILES string of the molecule is Cc1cc(NC(=O)c2cc(Cl)ccc2O)ccc1N1CCN(C)CC1. The zero-order valence-corrected chi connectivity index (χ0v) is 15.2. The molecule has 6 heteroatoms. The van der Waals surface area contributed by atoms with Gasteiger partial charge in [0.2, 0.25) is 0 Å². The number of aromatic hydroxyl groups is 1. The Morgan fingerprint density at radius 3 is 2.52 bits per heavy atom. The number of hydrogen-bond donors (Lipinski definition) is 2. The third-order valence-electron chi connectivity index (χ3n) is 4.50. The first-order valence-corrected chi connectivity index (χ1v) is 8.66. The third kappa shape index (κ3) is 4.06. The van der Waals surface area contributed by atoms with E-state index in [0.29, 0.717) is 10.7 Å². The molecule has 0 aromatic heterocycles. The van der Waals surface area contributed by atoms with Crippen LogP contribution in [0.15, 0.2) is 36.4 Å². The lowest BCUT2D eigenvalue weighted by Crippen LogP contribution is -2.44. The topological polar surface area (TPSA) is 55.8 Å². The molecule has 5 nitrogen and oxygen atoms in total. The molecule has 0 saturated carbocycles. The van der Waals surface area contributed by atoms with Gasteiger partial charge in [0.25, 0.3) is 5.91 Å². The number of carbonyl (C=O) groups is 1. The molecule has 3 rings (SSSR count). The number of phenolic OH excluding ortho intramolecular Hbond substituents is 1. The molecular weight excluding hydrogens is 338 g/mol. The van der Waals surface area contributed by atoms with Gasteiger partial charge < -0.3 is 20.2 Å². The average Bonchev–Trinajstić information content (AvgIpc) is 2.58. The van der Waals surface area contributed by atoms with Crippen LogP contribution in [0.1, 0.15) is 15.9 Å². The Kier molecular flexibility index (Phi) is 5.16. The van der Waals surface area contributed by atoms with Crippen LogP contribution in [0.25, 0.3) is 0 Å². The fraction of sp³-hybridized carbons (Fsp3) is 0.316. The largest absolute Gasteiger partial charge is 0.507 e. The minimum absolute atomic E-state index is 0.0901. The van der Waals surface area contributed by atoms with Crippen LogP contribution in [0.5, 0.6) is 5.75 Å². The Hall–Kier alpha value is -2.24. The van der Waals surface area contributed by atoms with Crippen LogP contribution in [-0.2, 0) is 0 Å². The minimum Gasteiger partial charge on any atom is -0.507 e. The molecule has 0 radical (unpaired) electrons. The molecule has 1 aliphatic heterocycles. The number of anilines is 2. The van der Waals surface area contributed by atoms with Gasteiger partial charge in [-0.1, -0.05) is 11.6 Å². The summed E-state index contributed by atoms with van der Waals surface area (Å²) in [6, 6.07) is 10.3. The summed E-state index contributed by atoms with van der Waals surface area (Å²) in [4.78, 5) is 17.1. The number of carbonyl (C=O) groups excluding carboxylic acids is 1. The molecule has 0 unspecified atom stereocenters. The number of rotatable bonds is 3. The van der Waals surface area contributed by atoms with Gasteiger partial charge in [-0.25, -0.2) is 0 Å². The second kappa shape index (κ2) is 7.33. The Morgan fingerprint density at radius 2 is 1.84 bits per heavy atom. The molecule has 0 bridgehead atoms. The predicted molar refractivity (Wildman–Crippen MR) is 102 cm³/mol. The maximum absolute atomic E-state index is 12.4. The van der Waals surface area contributed by atoms with E-state index in [2.05, 4.69) is 22.2 Å². The van der Waals surface area contributed by atoms with Crippen molar-refractivity contribution in [3.05, 3.63) is 52.5 Å². The zero-order chi connectivity index (χ0) is 18.0. The van der Waals surface area contributed by atoms with Gasteiger partial charge in [0.1, 0.15) is 5.75 Å².